The number of urea groups is 1. The lowest BCUT2D eigenvalue weighted by molar-refractivity contribution is -0.131. The molecule has 1 aliphatic rings. The van der Waals surface area contributed by atoms with Gasteiger partial charge >= 0.3 is 6.03 Å². The van der Waals surface area contributed by atoms with Gasteiger partial charge in [0.25, 0.3) is 11.8 Å². The Bertz CT molecular complexity index is 970. The Morgan fingerprint density at radius 1 is 1.11 bits per heavy atom. The van der Waals surface area contributed by atoms with E-state index < -0.39 is 29.7 Å². The van der Waals surface area contributed by atoms with Crippen LogP contribution >= 0.6 is 15.9 Å². The van der Waals surface area contributed by atoms with Gasteiger partial charge in [0.1, 0.15) is 0 Å². The highest BCUT2D eigenvalue weighted by atomic mass is 79.9. The van der Waals surface area contributed by atoms with Gasteiger partial charge in [-0.3, -0.25) is 19.7 Å². The van der Waals surface area contributed by atoms with Crippen LogP contribution < -0.4 is 15.6 Å². The molecule has 1 atom stereocenters. The van der Waals surface area contributed by atoms with E-state index in [0.717, 1.165) is 21.2 Å². The number of benzene rings is 2. The fraction of sp³-hybridized carbons (Fsp3) is 0.105. The van der Waals surface area contributed by atoms with E-state index in [2.05, 4.69) is 31.8 Å². The molecule has 0 saturated carbocycles. The predicted molar refractivity (Wildman–Crippen MR) is 106 cm³/mol. The van der Waals surface area contributed by atoms with Gasteiger partial charge in [-0.05, 0) is 43.3 Å². The monoisotopic (exact) mass is 442 g/mol. The lowest BCUT2D eigenvalue weighted by Crippen LogP contribution is -2.58. The summed E-state index contributed by atoms with van der Waals surface area (Å²) in [5.41, 5.74) is 3.91. The fourth-order valence-corrected chi connectivity index (χ4v) is 2.76. The van der Waals surface area contributed by atoms with E-state index in [1.807, 2.05) is 6.92 Å². The zero-order valence-corrected chi connectivity index (χ0v) is 16.3. The smallest absolute Gasteiger partial charge is 0.276 e. The van der Waals surface area contributed by atoms with Crippen LogP contribution in [-0.2, 0) is 9.59 Å². The third kappa shape index (κ3) is 4.15. The number of aryl methyl sites for hydroxylation is 1. The van der Waals surface area contributed by atoms with Crippen LogP contribution in [0.15, 0.2) is 58.1 Å². The second-order valence-corrected chi connectivity index (χ2v) is 6.92. The SMILES string of the molecule is Cc1ccc(N2C(=O)NC(=O)[C@@H](/C=N\NC(=O)c3ccc(Br)cc3)C2=O)cc1. The second kappa shape index (κ2) is 8.13. The number of amides is 5. The summed E-state index contributed by atoms with van der Waals surface area (Å²) in [7, 11) is 0. The molecule has 9 heteroatoms. The highest BCUT2D eigenvalue weighted by Crippen LogP contribution is 2.20. The van der Waals surface area contributed by atoms with Crippen molar-refractivity contribution in [3.63, 3.8) is 0 Å². The van der Waals surface area contributed by atoms with Crippen molar-refractivity contribution in [3.8, 4) is 0 Å². The first-order chi connectivity index (χ1) is 13.4. The third-order valence-electron chi connectivity index (χ3n) is 3.99. The predicted octanol–water partition coefficient (Wildman–Crippen LogP) is 2.37. The number of hydrazone groups is 1. The van der Waals surface area contributed by atoms with Gasteiger partial charge in [0.15, 0.2) is 5.92 Å². The van der Waals surface area contributed by atoms with Crippen molar-refractivity contribution >= 4 is 51.6 Å². The normalized spacial score (nSPS) is 17.0. The molecule has 5 amide bonds. The molecule has 8 nitrogen and oxygen atoms in total. The molecule has 142 valence electrons. The van der Waals surface area contributed by atoms with Crippen molar-refractivity contribution in [1.29, 1.82) is 0 Å². The molecule has 0 spiro atoms. The van der Waals surface area contributed by atoms with E-state index in [1.165, 1.54) is 0 Å². The van der Waals surface area contributed by atoms with E-state index in [9.17, 15) is 19.2 Å². The highest BCUT2D eigenvalue weighted by Gasteiger charge is 2.40. The molecule has 2 aromatic carbocycles. The molecular formula is C19H15BrN4O4. The number of rotatable bonds is 4. The largest absolute Gasteiger partial charge is 0.335 e. The van der Waals surface area contributed by atoms with Crippen LogP contribution in [0.5, 0.6) is 0 Å². The lowest BCUT2D eigenvalue weighted by atomic mass is 10.1. The molecule has 0 radical (unpaired) electrons. The minimum absolute atomic E-state index is 0.331. The Morgan fingerprint density at radius 2 is 1.75 bits per heavy atom. The fourth-order valence-electron chi connectivity index (χ4n) is 2.50. The molecule has 1 saturated heterocycles. The summed E-state index contributed by atoms with van der Waals surface area (Å²) in [4.78, 5) is 49.7. The van der Waals surface area contributed by atoms with Crippen LogP contribution in [0.4, 0.5) is 10.5 Å². The Labute approximate surface area is 168 Å². The van der Waals surface area contributed by atoms with Crippen LogP contribution in [0, 0.1) is 12.8 Å². The van der Waals surface area contributed by atoms with Crippen LogP contribution in [0.1, 0.15) is 15.9 Å². The van der Waals surface area contributed by atoms with Crippen LogP contribution in [0.25, 0.3) is 0 Å². The van der Waals surface area contributed by atoms with Crippen LogP contribution in [-0.4, -0.2) is 30.0 Å². The first kappa shape index (κ1) is 19.4. The van der Waals surface area contributed by atoms with Gasteiger partial charge in [-0.2, -0.15) is 5.10 Å². The molecule has 2 N–H and O–H groups in total. The first-order valence-electron chi connectivity index (χ1n) is 8.21. The van der Waals surface area contributed by atoms with Gasteiger partial charge in [0, 0.05) is 16.3 Å². The minimum Gasteiger partial charge on any atom is -0.276 e. The molecule has 0 aliphatic carbocycles. The molecule has 1 heterocycles. The first-order valence-corrected chi connectivity index (χ1v) is 9.00. The van der Waals surface area contributed by atoms with E-state index in [4.69, 9.17) is 0 Å². The molecule has 1 fully saturated rings. The van der Waals surface area contributed by atoms with E-state index >= 15 is 0 Å². The van der Waals surface area contributed by atoms with Crippen molar-refractivity contribution in [1.82, 2.24) is 10.7 Å². The average Bonchev–Trinajstić information content (AvgIpc) is 2.66. The number of nitrogens with one attached hydrogen (secondary N) is 2. The molecule has 3 rings (SSSR count). The van der Waals surface area contributed by atoms with Crippen LogP contribution in [0.2, 0.25) is 0 Å². The standard InChI is InChI=1S/C19H15BrN4O4/c1-11-2-8-14(9-3-11)24-18(27)15(17(26)22-19(24)28)10-21-23-16(25)12-4-6-13(20)7-5-12/h2-10,15H,1H3,(H,23,25)(H,22,26,28)/b21-10-/t15-/m1/s1. The van der Waals surface area contributed by atoms with Gasteiger partial charge in [-0.15, -0.1) is 0 Å². The second-order valence-electron chi connectivity index (χ2n) is 6.01. The average molecular weight is 443 g/mol. The van der Waals surface area contributed by atoms with Gasteiger partial charge in [0.2, 0.25) is 5.91 Å². The molecule has 28 heavy (non-hydrogen) atoms. The lowest BCUT2D eigenvalue weighted by Gasteiger charge is -2.28. The number of barbiturate groups is 1. The molecule has 1 aliphatic heterocycles. The quantitative estimate of drug-likeness (QED) is 0.430. The number of hydrogen-bond acceptors (Lipinski definition) is 5. The summed E-state index contributed by atoms with van der Waals surface area (Å²) < 4.78 is 0.817. The molecule has 0 aromatic heterocycles. The van der Waals surface area contributed by atoms with Crippen molar-refractivity contribution in [3.05, 3.63) is 64.1 Å². The Morgan fingerprint density at radius 3 is 2.39 bits per heavy atom. The van der Waals surface area contributed by atoms with Gasteiger partial charge in [-0.1, -0.05) is 33.6 Å². The molecule has 0 bridgehead atoms. The summed E-state index contributed by atoms with van der Waals surface area (Å²) in [6.45, 7) is 1.87. The molecule has 0 unspecified atom stereocenters. The minimum atomic E-state index is -1.34. The number of nitrogens with zero attached hydrogens (tertiary/aromatic N) is 2. The number of hydrogen-bond donors (Lipinski definition) is 2. The maximum atomic E-state index is 12.6. The van der Waals surface area contributed by atoms with Crippen molar-refractivity contribution < 1.29 is 19.2 Å². The van der Waals surface area contributed by atoms with E-state index in [-0.39, 0.29) is 0 Å². The van der Waals surface area contributed by atoms with Crippen molar-refractivity contribution in [2.75, 3.05) is 4.90 Å². The van der Waals surface area contributed by atoms with E-state index in [0.29, 0.717) is 11.3 Å². The summed E-state index contributed by atoms with van der Waals surface area (Å²) >= 11 is 3.27. The van der Waals surface area contributed by atoms with E-state index in [1.54, 1.807) is 48.5 Å². The maximum absolute atomic E-state index is 12.6. The zero-order chi connectivity index (χ0) is 20.3. The number of halogens is 1. The summed E-state index contributed by atoms with van der Waals surface area (Å²) in [5.74, 6) is -3.40. The zero-order valence-electron chi connectivity index (χ0n) is 14.7. The number of anilines is 1. The Hall–Kier alpha value is -3.33. The Kier molecular flexibility index (Phi) is 5.65. The summed E-state index contributed by atoms with van der Waals surface area (Å²) in [6, 6.07) is 12.4. The Balaban J connectivity index is 1.74. The highest BCUT2D eigenvalue weighted by molar-refractivity contribution is 9.10. The molecule has 2 aromatic rings. The van der Waals surface area contributed by atoms with Crippen molar-refractivity contribution in [2.45, 2.75) is 6.92 Å². The van der Waals surface area contributed by atoms with Crippen LogP contribution in [0.3, 0.4) is 0 Å². The van der Waals surface area contributed by atoms with Crippen molar-refractivity contribution in [2.24, 2.45) is 11.0 Å². The maximum Gasteiger partial charge on any atom is 0.335 e. The van der Waals surface area contributed by atoms with Gasteiger partial charge < -0.3 is 0 Å². The number of carbonyl (C=O) groups is 4. The summed E-state index contributed by atoms with van der Waals surface area (Å²) in [5, 5.41) is 5.82. The number of carbonyl (C=O) groups excluding carboxylic acids is 4. The third-order valence-corrected chi connectivity index (χ3v) is 4.52. The topological polar surface area (TPSA) is 108 Å². The number of imide groups is 2. The summed E-state index contributed by atoms with van der Waals surface area (Å²) in [6.07, 6.45) is 1.00. The molecular weight excluding hydrogens is 428 g/mol. The van der Waals surface area contributed by atoms with Gasteiger partial charge in [-0.25, -0.2) is 15.1 Å². The van der Waals surface area contributed by atoms with Gasteiger partial charge in [0.05, 0.1) is 5.69 Å².